The molecular weight excluding hydrogens is 546 g/mol. The summed E-state index contributed by atoms with van der Waals surface area (Å²) in [5.41, 5.74) is 0.290. The number of ether oxygens (including phenoxy) is 2. The average molecular weight is 580 g/mol. The molecule has 12 nitrogen and oxygen atoms in total. The number of hydrogen-bond donors (Lipinski definition) is 4. The zero-order valence-electron chi connectivity index (χ0n) is 21.5. The monoisotopic (exact) mass is 579 g/mol. The molecule has 14 heteroatoms. The molecule has 4 N–H and O–H groups in total. The molecule has 0 amide bonds. The Morgan fingerprint density at radius 2 is 1.97 bits per heavy atom. The van der Waals surface area contributed by atoms with Crippen molar-refractivity contribution in [1.29, 1.82) is 0 Å². The Balaban J connectivity index is 1.08. The largest absolute Gasteiger partial charge is 0.491 e. The molecule has 0 radical (unpaired) electrons. The number of aromatic amines is 1. The highest BCUT2D eigenvalue weighted by Crippen LogP contribution is 2.37. The molecule has 1 aromatic heterocycles. The van der Waals surface area contributed by atoms with E-state index in [1.807, 2.05) is 0 Å². The molecule has 2 unspecified atom stereocenters. The zero-order valence-corrected chi connectivity index (χ0v) is 23.2. The van der Waals surface area contributed by atoms with E-state index in [2.05, 4.69) is 20.2 Å². The summed E-state index contributed by atoms with van der Waals surface area (Å²) in [4.78, 5) is 0.329. The minimum absolute atomic E-state index is 0.00800. The normalized spacial score (nSPS) is 20.9. The van der Waals surface area contributed by atoms with E-state index in [-0.39, 0.29) is 29.0 Å². The summed E-state index contributed by atoms with van der Waals surface area (Å²) >= 11 is 0. The number of aliphatic hydroxyl groups excluding tert-OH is 1. The Morgan fingerprint density at radius 1 is 1.18 bits per heavy atom. The van der Waals surface area contributed by atoms with Crippen LogP contribution in [0.2, 0.25) is 0 Å². The lowest BCUT2D eigenvalue weighted by atomic mass is 9.88. The number of rotatable bonds is 10. The molecule has 1 spiro atoms. The van der Waals surface area contributed by atoms with Gasteiger partial charge in [0.1, 0.15) is 18.5 Å². The van der Waals surface area contributed by atoms with Crippen molar-refractivity contribution < 1.29 is 31.4 Å². The van der Waals surface area contributed by atoms with E-state index in [1.54, 1.807) is 36.5 Å². The first kappa shape index (κ1) is 28.0. The number of sulfonamides is 2. The summed E-state index contributed by atoms with van der Waals surface area (Å²) in [6.07, 6.45) is 2.75. The van der Waals surface area contributed by atoms with E-state index in [4.69, 9.17) is 9.47 Å². The number of piperidine rings is 1. The van der Waals surface area contributed by atoms with Crippen LogP contribution in [0, 0.1) is 0 Å². The number of nitrogens with zero attached hydrogens (tertiary/aromatic N) is 2. The first-order valence-electron chi connectivity index (χ1n) is 12.8. The maximum Gasteiger partial charge on any atom is 0.243 e. The summed E-state index contributed by atoms with van der Waals surface area (Å²) < 4.78 is 65.9. The molecule has 212 valence electrons. The fraction of sp³-hybridized carbons (Fsp3) is 0.480. The van der Waals surface area contributed by atoms with Gasteiger partial charge in [-0.1, -0.05) is 6.07 Å². The van der Waals surface area contributed by atoms with Crippen molar-refractivity contribution in [3.63, 3.8) is 0 Å². The van der Waals surface area contributed by atoms with E-state index in [1.165, 1.54) is 23.5 Å². The molecule has 0 bridgehead atoms. The van der Waals surface area contributed by atoms with Crippen molar-refractivity contribution in [3.05, 3.63) is 48.7 Å². The Labute approximate surface area is 227 Å². The lowest BCUT2D eigenvalue weighted by Gasteiger charge is -2.38. The zero-order chi connectivity index (χ0) is 27.7. The average Bonchev–Trinajstić information content (AvgIpc) is 3.58. The van der Waals surface area contributed by atoms with Crippen molar-refractivity contribution in [2.45, 2.75) is 46.8 Å². The van der Waals surface area contributed by atoms with Gasteiger partial charge in [-0.3, -0.25) is 5.10 Å². The van der Waals surface area contributed by atoms with Gasteiger partial charge in [0.25, 0.3) is 0 Å². The molecule has 0 saturated carbocycles. The first-order valence-corrected chi connectivity index (χ1v) is 15.7. The van der Waals surface area contributed by atoms with Gasteiger partial charge in [0.15, 0.2) is 0 Å². The maximum absolute atomic E-state index is 13.2. The third kappa shape index (κ3) is 6.11. The van der Waals surface area contributed by atoms with Gasteiger partial charge in [-0.15, -0.1) is 0 Å². The van der Waals surface area contributed by atoms with E-state index < -0.39 is 31.8 Å². The van der Waals surface area contributed by atoms with Crippen molar-refractivity contribution in [1.82, 2.24) is 24.5 Å². The van der Waals surface area contributed by atoms with Crippen LogP contribution in [0.15, 0.2) is 58.5 Å². The Bertz CT molecular complexity index is 1520. The molecule has 2 aliphatic rings. The second-order valence-corrected chi connectivity index (χ2v) is 13.8. The molecule has 2 aromatic carbocycles. The third-order valence-corrected chi connectivity index (χ3v) is 10.7. The van der Waals surface area contributed by atoms with Crippen LogP contribution >= 0.6 is 0 Å². The summed E-state index contributed by atoms with van der Waals surface area (Å²) in [6, 6.07) is 11.1. The second kappa shape index (κ2) is 11.1. The maximum atomic E-state index is 13.2. The molecule has 0 aliphatic carbocycles. The van der Waals surface area contributed by atoms with Crippen LogP contribution in [0.4, 0.5) is 0 Å². The minimum Gasteiger partial charge on any atom is -0.491 e. The highest BCUT2D eigenvalue weighted by molar-refractivity contribution is 7.89. The fourth-order valence-corrected chi connectivity index (χ4v) is 7.32. The highest BCUT2D eigenvalue weighted by atomic mass is 32.2. The smallest absolute Gasteiger partial charge is 0.243 e. The van der Waals surface area contributed by atoms with Crippen LogP contribution in [-0.2, 0) is 24.8 Å². The Hall–Kier alpha value is -2.59. The van der Waals surface area contributed by atoms with Gasteiger partial charge in [-0.2, -0.15) is 9.40 Å². The van der Waals surface area contributed by atoms with Crippen molar-refractivity contribution in [2.24, 2.45) is 0 Å². The predicted molar refractivity (Wildman–Crippen MR) is 143 cm³/mol. The van der Waals surface area contributed by atoms with Gasteiger partial charge in [0.05, 0.1) is 33.7 Å². The molecule has 2 atom stereocenters. The first-order chi connectivity index (χ1) is 18.6. The lowest BCUT2D eigenvalue weighted by Crippen LogP contribution is -2.47. The number of aromatic nitrogens is 2. The van der Waals surface area contributed by atoms with Gasteiger partial charge >= 0.3 is 0 Å². The van der Waals surface area contributed by atoms with E-state index in [0.717, 1.165) is 11.8 Å². The Morgan fingerprint density at radius 3 is 2.74 bits per heavy atom. The Kier molecular flexibility index (Phi) is 7.97. The van der Waals surface area contributed by atoms with Crippen molar-refractivity contribution in [3.8, 4) is 5.75 Å². The summed E-state index contributed by atoms with van der Waals surface area (Å²) in [5, 5.41) is 21.3. The number of benzene rings is 2. The number of nitrogens with one attached hydrogen (secondary N) is 3. The number of hydrogen-bond acceptors (Lipinski definition) is 9. The number of fused-ring (bicyclic) bond motifs is 1. The SMILES string of the molecule is CNS(=O)(=O)c1cccc(OCC(O)CNC2COC3(CCN(S(=O)(=O)c4ccc5cn[nH]c5c4)CC3)C2)c1. The molecule has 3 heterocycles. The summed E-state index contributed by atoms with van der Waals surface area (Å²) in [6.45, 7) is 1.48. The van der Waals surface area contributed by atoms with Crippen molar-refractivity contribution >= 4 is 30.9 Å². The molecule has 2 aliphatic heterocycles. The number of H-pyrrole nitrogens is 1. The van der Waals surface area contributed by atoms with Gasteiger partial charge in [0, 0.05) is 37.1 Å². The molecule has 2 fully saturated rings. The van der Waals surface area contributed by atoms with Gasteiger partial charge in [-0.25, -0.2) is 21.6 Å². The van der Waals surface area contributed by atoms with E-state index in [0.29, 0.717) is 43.8 Å². The van der Waals surface area contributed by atoms with Gasteiger partial charge in [0.2, 0.25) is 20.0 Å². The van der Waals surface area contributed by atoms with Crippen LogP contribution < -0.4 is 14.8 Å². The molecular formula is C25H33N5O7S2. The molecule has 5 rings (SSSR count). The molecule has 2 saturated heterocycles. The van der Waals surface area contributed by atoms with Crippen LogP contribution in [0.25, 0.3) is 10.9 Å². The van der Waals surface area contributed by atoms with E-state index in [9.17, 15) is 21.9 Å². The van der Waals surface area contributed by atoms with Crippen molar-refractivity contribution in [2.75, 3.05) is 39.9 Å². The lowest BCUT2D eigenvalue weighted by molar-refractivity contribution is -0.0312. The van der Waals surface area contributed by atoms with Gasteiger partial charge in [-0.05, 0) is 56.6 Å². The van der Waals surface area contributed by atoms with Crippen LogP contribution in [0.3, 0.4) is 0 Å². The van der Waals surface area contributed by atoms with Crippen LogP contribution in [-0.4, -0.2) is 94.1 Å². The summed E-state index contributed by atoms with van der Waals surface area (Å²) in [7, 11) is -5.87. The third-order valence-electron chi connectivity index (χ3n) is 7.36. The summed E-state index contributed by atoms with van der Waals surface area (Å²) in [5.74, 6) is 0.347. The minimum atomic E-state index is -3.62. The standard InChI is InChI=1S/C25H33N5O7S2/c1-26-38(32,33)22-4-2-3-21(11-22)36-17-20(31)15-27-19-13-25(37-16-19)7-9-30(10-8-25)39(34,35)23-6-5-18-14-28-29-24(18)12-23/h2-6,11-12,14,19-20,26-27,31H,7-10,13,15-17H2,1H3,(H,28,29). The fourth-order valence-electron chi connectivity index (χ4n) is 5.09. The molecule has 3 aromatic rings. The topological polar surface area (TPSA) is 163 Å². The quantitative estimate of drug-likeness (QED) is 0.272. The van der Waals surface area contributed by atoms with Crippen LogP contribution in [0.5, 0.6) is 5.75 Å². The van der Waals surface area contributed by atoms with Gasteiger partial charge < -0.3 is 19.9 Å². The predicted octanol–water partition coefficient (Wildman–Crippen LogP) is 0.813. The number of aliphatic hydroxyl groups is 1. The second-order valence-electron chi connectivity index (χ2n) is 9.97. The highest BCUT2D eigenvalue weighted by Gasteiger charge is 2.44. The van der Waals surface area contributed by atoms with E-state index >= 15 is 0 Å². The molecule has 39 heavy (non-hydrogen) atoms. The van der Waals surface area contributed by atoms with Crippen LogP contribution in [0.1, 0.15) is 19.3 Å².